The zero-order chi connectivity index (χ0) is 14.7. The highest BCUT2D eigenvalue weighted by Crippen LogP contribution is 2.23. The Balaban J connectivity index is 1.73. The van der Waals surface area contributed by atoms with Gasteiger partial charge in [-0.15, -0.1) is 11.3 Å². The summed E-state index contributed by atoms with van der Waals surface area (Å²) in [6.07, 6.45) is 1.98. The summed E-state index contributed by atoms with van der Waals surface area (Å²) < 4.78 is 2.39. The average molecular weight is 361 g/mol. The van der Waals surface area contributed by atoms with Crippen molar-refractivity contribution < 1.29 is 0 Å². The lowest BCUT2D eigenvalue weighted by Gasteiger charge is -2.14. The molecule has 1 unspecified atom stereocenters. The fourth-order valence-electron chi connectivity index (χ4n) is 2.40. The number of para-hydroxylation sites is 1. The molecule has 0 spiro atoms. The third-order valence-electron chi connectivity index (χ3n) is 3.56. The van der Waals surface area contributed by atoms with Crippen molar-refractivity contribution in [1.29, 1.82) is 0 Å². The van der Waals surface area contributed by atoms with Crippen molar-refractivity contribution in [2.75, 3.05) is 7.05 Å². The van der Waals surface area contributed by atoms with Crippen LogP contribution in [0, 0.1) is 0 Å². The highest BCUT2D eigenvalue weighted by atomic mass is 79.9. The van der Waals surface area contributed by atoms with Crippen LogP contribution in [-0.2, 0) is 12.8 Å². The van der Waals surface area contributed by atoms with Crippen molar-refractivity contribution in [1.82, 2.24) is 10.3 Å². The summed E-state index contributed by atoms with van der Waals surface area (Å²) in [7, 11) is 2.02. The number of halogens is 1. The normalized spacial score (nSPS) is 12.7. The Bertz CT molecular complexity index is 688. The molecule has 1 aromatic heterocycles. The molecule has 0 fully saturated rings. The summed E-state index contributed by atoms with van der Waals surface area (Å²) in [6.45, 7) is 0. The van der Waals surface area contributed by atoms with Gasteiger partial charge in [0.25, 0.3) is 0 Å². The topological polar surface area (TPSA) is 24.9 Å². The third kappa shape index (κ3) is 3.70. The number of likely N-dealkylation sites (N-methyl/N-ethyl adjacent to an activating group) is 1. The SMILES string of the molecule is CNC(Cc1ccc(Br)cc1)Cc1nc2ccccc2s1. The first-order chi connectivity index (χ1) is 10.2. The molecular weight excluding hydrogens is 344 g/mol. The molecule has 1 heterocycles. The van der Waals surface area contributed by atoms with Gasteiger partial charge in [-0.25, -0.2) is 4.98 Å². The van der Waals surface area contributed by atoms with Gasteiger partial charge in [0.15, 0.2) is 0 Å². The van der Waals surface area contributed by atoms with Gasteiger partial charge in [-0.3, -0.25) is 0 Å². The Morgan fingerprint density at radius 1 is 1.10 bits per heavy atom. The van der Waals surface area contributed by atoms with Gasteiger partial charge in [0.05, 0.1) is 15.2 Å². The summed E-state index contributed by atoms with van der Waals surface area (Å²) in [5.41, 5.74) is 2.45. The third-order valence-corrected chi connectivity index (χ3v) is 5.15. The Labute approximate surface area is 137 Å². The number of fused-ring (bicyclic) bond motifs is 1. The maximum atomic E-state index is 4.73. The molecule has 21 heavy (non-hydrogen) atoms. The van der Waals surface area contributed by atoms with E-state index < -0.39 is 0 Å². The molecule has 0 radical (unpaired) electrons. The molecule has 0 amide bonds. The molecule has 1 atom stereocenters. The number of hydrogen-bond acceptors (Lipinski definition) is 3. The Kier molecular flexibility index (Phi) is 4.68. The Hall–Kier alpha value is -1.23. The maximum absolute atomic E-state index is 4.73. The molecule has 2 nitrogen and oxygen atoms in total. The first-order valence-electron chi connectivity index (χ1n) is 7.01. The van der Waals surface area contributed by atoms with E-state index in [0.717, 1.165) is 22.8 Å². The van der Waals surface area contributed by atoms with E-state index >= 15 is 0 Å². The Morgan fingerprint density at radius 3 is 2.57 bits per heavy atom. The minimum Gasteiger partial charge on any atom is -0.316 e. The van der Waals surface area contributed by atoms with Crippen LogP contribution in [0.25, 0.3) is 10.2 Å². The van der Waals surface area contributed by atoms with Gasteiger partial charge in [0.2, 0.25) is 0 Å². The van der Waals surface area contributed by atoms with Crippen LogP contribution in [0.1, 0.15) is 10.6 Å². The number of rotatable bonds is 5. The molecule has 0 saturated carbocycles. The minimum atomic E-state index is 0.409. The minimum absolute atomic E-state index is 0.409. The van der Waals surface area contributed by atoms with E-state index in [0.29, 0.717) is 6.04 Å². The molecule has 3 rings (SSSR count). The van der Waals surface area contributed by atoms with E-state index in [4.69, 9.17) is 4.98 Å². The standard InChI is InChI=1S/C17H17BrN2S/c1-19-14(10-12-6-8-13(18)9-7-12)11-17-20-15-4-2-3-5-16(15)21-17/h2-9,14,19H,10-11H2,1H3. The van der Waals surface area contributed by atoms with Crippen LogP contribution in [0.3, 0.4) is 0 Å². The van der Waals surface area contributed by atoms with Crippen LogP contribution in [0.2, 0.25) is 0 Å². The fourth-order valence-corrected chi connectivity index (χ4v) is 3.71. The number of nitrogens with one attached hydrogen (secondary N) is 1. The second kappa shape index (κ2) is 6.69. The van der Waals surface area contributed by atoms with E-state index in [1.165, 1.54) is 15.3 Å². The number of hydrogen-bond donors (Lipinski definition) is 1. The molecule has 3 aromatic rings. The van der Waals surface area contributed by atoms with E-state index in [2.05, 4.69) is 63.7 Å². The van der Waals surface area contributed by atoms with Crippen molar-refractivity contribution in [3.8, 4) is 0 Å². The summed E-state index contributed by atoms with van der Waals surface area (Å²) in [5, 5.41) is 4.61. The van der Waals surface area contributed by atoms with Crippen LogP contribution in [-0.4, -0.2) is 18.1 Å². The maximum Gasteiger partial charge on any atom is 0.0954 e. The smallest absolute Gasteiger partial charge is 0.0954 e. The van der Waals surface area contributed by atoms with E-state index in [1.54, 1.807) is 11.3 Å². The lowest BCUT2D eigenvalue weighted by Crippen LogP contribution is -2.29. The number of benzene rings is 2. The largest absolute Gasteiger partial charge is 0.316 e. The highest BCUT2D eigenvalue weighted by Gasteiger charge is 2.12. The van der Waals surface area contributed by atoms with Gasteiger partial charge in [-0.1, -0.05) is 40.2 Å². The summed E-state index contributed by atoms with van der Waals surface area (Å²) in [4.78, 5) is 4.73. The van der Waals surface area contributed by atoms with Gasteiger partial charge < -0.3 is 5.32 Å². The van der Waals surface area contributed by atoms with Crippen LogP contribution >= 0.6 is 27.3 Å². The lowest BCUT2D eigenvalue weighted by molar-refractivity contribution is 0.555. The van der Waals surface area contributed by atoms with Crippen molar-refractivity contribution in [3.63, 3.8) is 0 Å². The molecule has 1 N–H and O–H groups in total. The van der Waals surface area contributed by atoms with E-state index in [9.17, 15) is 0 Å². The van der Waals surface area contributed by atoms with Crippen molar-refractivity contribution in [2.24, 2.45) is 0 Å². The van der Waals surface area contributed by atoms with Gasteiger partial charge in [-0.05, 0) is 43.3 Å². The van der Waals surface area contributed by atoms with Gasteiger partial charge in [0, 0.05) is 16.9 Å². The summed E-state index contributed by atoms with van der Waals surface area (Å²) >= 11 is 5.27. The highest BCUT2D eigenvalue weighted by molar-refractivity contribution is 9.10. The first kappa shape index (κ1) is 14.7. The molecular formula is C17H17BrN2S. The van der Waals surface area contributed by atoms with Crippen LogP contribution in [0.15, 0.2) is 53.0 Å². The Morgan fingerprint density at radius 2 is 1.86 bits per heavy atom. The van der Waals surface area contributed by atoms with Crippen molar-refractivity contribution >= 4 is 37.5 Å². The fraction of sp³-hybridized carbons (Fsp3) is 0.235. The number of aromatic nitrogens is 1. The van der Waals surface area contributed by atoms with Gasteiger partial charge >= 0.3 is 0 Å². The zero-order valence-corrected chi connectivity index (χ0v) is 14.2. The van der Waals surface area contributed by atoms with E-state index in [1.807, 2.05) is 13.1 Å². The second-order valence-electron chi connectivity index (χ2n) is 5.10. The van der Waals surface area contributed by atoms with Crippen molar-refractivity contribution in [2.45, 2.75) is 18.9 Å². The quantitative estimate of drug-likeness (QED) is 0.727. The monoisotopic (exact) mass is 360 g/mol. The first-order valence-corrected chi connectivity index (χ1v) is 8.61. The summed E-state index contributed by atoms with van der Waals surface area (Å²) in [6, 6.07) is 17.3. The predicted molar refractivity (Wildman–Crippen MR) is 94.0 cm³/mol. The molecule has 2 aromatic carbocycles. The number of nitrogens with zero attached hydrogens (tertiary/aromatic N) is 1. The van der Waals surface area contributed by atoms with Crippen molar-refractivity contribution in [3.05, 3.63) is 63.6 Å². The lowest BCUT2D eigenvalue weighted by atomic mass is 10.0. The molecule has 0 bridgehead atoms. The van der Waals surface area contributed by atoms with E-state index in [-0.39, 0.29) is 0 Å². The number of thiazole rings is 1. The van der Waals surface area contributed by atoms with Crippen LogP contribution < -0.4 is 5.32 Å². The molecule has 0 saturated heterocycles. The average Bonchev–Trinajstić information content (AvgIpc) is 2.91. The van der Waals surface area contributed by atoms with Gasteiger partial charge in [-0.2, -0.15) is 0 Å². The molecule has 0 aliphatic heterocycles. The molecule has 4 heteroatoms. The van der Waals surface area contributed by atoms with Crippen LogP contribution in [0.4, 0.5) is 0 Å². The van der Waals surface area contributed by atoms with Crippen LogP contribution in [0.5, 0.6) is 0 Å². The van der Waals surface area contributed by atoms with Gasteiger partial charge in [0.1, 0.15) is 0 Å². The molecule has 108 valence electrons. The molecule has 0 aliphatic rings. The zero-order valence-electron chi connectivity index (χ0n) is 11.8. The second-order valence-corrected chi connectivity index (χ2v) is 7.13. The predicted octanol–water partition coefficient (Wildman–Crippen LogP) is 4.43. The molecule has 0 aliphatic carbocycles. The summed E-state index contributed by atoms with van der Waals surface area (Å²) in [5.74, 6) is 0.